The molecule has 0 bridgehead atoms. The van der Waals surface area contributed by atoms with E-state index in [9.17, 15) is 0 Å². The highest BCUT2D eigenvalue weighted by Crippen LogP contribution is 2.22. The summed E-state index contributed by atoms with van der Waals surface area (Å²) >= 11 is 1.73. The molecule has 2 rings (SSSR count). The molecule has 1 aromatic heterocycles. The molecule has 1 heteroatoms. The first-order chi connectivity index (χ1) is 4.97. The van der Waals surface area contributed by atoms with Gasteiger partial charge >= 0.3 is 0 Å². The third-order valence-corrected chi connectivity index (χ3v) is 2.21. The van der Waals surface area contributed by atoms with E-state index in [-0.39, 0.29) is 0 Å². The molecule has 0 amide bonds. The van der Waals surface area contributed by atoms with Gasteiger partial charge < -0.3 is 0 Å². The average Bonchev–Trinajstić information content (AvgIpc) is 2.59. The standard InChI is InChI=1S/C9H7S/c1-2-4-8(3-1)9-5-6-10-7-9/h1,3,5-7H,2H2. The number of hydrogen-bond acceptors (Lipinski definition) is 1. The molecule has 0 spiro atoms. The van der Waals surface area contributed by atoms with Crippen LogP contribution in [0.1, 0.15) is 12.0 Å². The molecule has 0 saturated carbocycles. The van der Waals surface area contributed by atoms with Gasteiger partial charge in [-0.2, -0.15) is 11.3 Å². The summed E-state index contributed by atoms with van der Waals surface area (Å²) in [6.45, 7) is 0. The zero-order chi connectivity index (χ0) is 6.81. The van der Waals surface area contributed by atoms with Crippen LogP contribution in [-0.4, -0.2) is 0 Å². The van der Waals surface area contributed by atoms with Gasteiger partial charge in [0, 0.05) is 0 Å². The summed E-state index contributed by atoms with van der Waals surface area (Å²) in [4.78, 5) is 0. The van der Waals surface area contributed by atoms with Crippen molar-refractivity contribution in [1.82, 2.24) is 0 Å². The summed E-state index contributed by atoms with van der Waals surface area (Å²) in [7, 11) is 0. The Labute approximate surface area is 64.5 Å². The predicted octanol–water partition coefficient (Wildman–Crippen LogP) is 2.89. The van der Waals surface area contributed by atoms with Gasteiger partial charge in [0.15, 0.2) is 0 Å². The number of rotatable bonds is 1. The van der Waals surface area contributed by atoms with Crippen LogP contribution in [0, 0.1) is 6.08 Å². The van der Waals surface area contributed by atoms with Gasteiger partial charge in [-0.15, -0.1) is 0 Å². The van der Waals surface area contributed by atoms with Gasteiger partial charge in [0.25, 0.3) is 0 Å². The molecular weight excluding hydrogens is 140 g/mol. The zero-order valence-corrected chi connectivity index (χ0v) is 6.32. The second-order valence-electron chi connectivity index (χ2n) is 2.21. The van der Waals surface area contributed by atoms with E-state index >= 15 is 0 Å². The molecule has 0 unspecified atom stereocenters. The van der Waals surface area contributed by atoms with Crippen LogP contribution in [0.2, 0.25) is 0 Å². The molecule has 1 aromatic rings. The molecule has 0 fully saturated rings. The van der Waals surface area contributed by atoms with Crippen LogP contribution in [0.15, 0.2) is 29.0 Å². The Balaban J connectivity index is 2.36. The first-order valence-corrected chi connectivity index (χ1v) is 4.21. The lowest BCUT2D eigenvalue weighted by Gasteiger charge is -1.89. The summed E-state index contributed by atoms with van der Waals surface area (Å²) in [6, 6.07) is 2.13. The van der Waals surface area contributed by atoms with Gasteiger partial charge in [0.2, 0.25) is 0 Å². The first kappa shape index (κ1) is 5.93. The van der Waals surface area contributed by atoms with Crippen LogP contribution in [0.25, 0.3) is 5.57 Å². The fraction of sp³-hybridized carbons (Fsp3) is 0.111. The van der Waals surface area contributed by atoms with E-state index in [1.54, 1.807) is 11.3 Å². The number of hydrogen-bond donors (Lipinski definition) is 0. The summed E-state index contributed by atoms with van der Waals surface area (Å²) in [6.07, 6.45) is 8.51. The Morgan fingerprint density at radius 1 is 1.50 bits per heavy atom. The van der Waals surface area contributed by atoms with Crippen LogP contribution in [0.3, 0.4) is 0 Å². The maximum atomic E-state index is 3.27. The third kappa shape index (κ3) is 0.929. The zero-order valence-electron chi connectivity index (χ0n) is 5.50. The van der Waals surface area contributed by atoms with E-state index in [0.717, 1.165) is 6.42 Å². The fourth-order valence-corrected chi connectivity index (χ4v) is 1.68. The van der Waals surface area contributed by atoms with Crippen LogP contribution in [0.4, 0.5) is 0 Å². The van der Waals surface area contributed by atoms with Crippen molar-refractivity contribution in [3.05, 3.63) is 40.6 Å². The van der Waals surface area contributed by atoms with Crippen molar-refractivity contribution in [1.29, 1.82) is 0 Å². The number of thiophene rings is 1. The second-order valence-corrected chi connectivity index (χ2v) is 2.99. The summed E-state index contributed by atoms with van der Waals surface area (Å²) in [5.41, 5.74) is 2.56. The lowest BCUT2D eigenvalue weighted by atomic mass is 10.1. The topological polar surface area (TPSA) is 0 Å². The minimum atomic E-state index is 0.977. The van der Waals surface area contributed by atoms with Crippen molar-refractivity contribution >= 4 is 16.9 Å². The molecule has 0 N–H and O–H groups in total. The minimum absolute atomic E-state index is 0.977. The van der Waals surface area contributed by atoms with Gasteiger partial charge in [-0.1, -0.05) is 12.2 Å². The molecule has 1 aliphatic rings. The molecule has 0 atom stereocenters. The third-order valence-electron chi connectivity index (χ3n) is 1.53. The second kappa shape index (κ2) is 2.43. The smallest absolute Gasteiger partial charge is 0.00146 e. The van der Waals surface area contributed by atoms with E-state index in [0.29, 0.717) is 0 Å². The summed E-state index contributed by atoms with van der Waals surface area (Å²) in [5.74, 6) is 0. The highest BCUT2D eigenvalue weighted by atomic mass is 32.1. The summed E-state index contributed by atoms with van der Waals surface area (Å²) in [5, 5.41) is 4.24. The molecule has 1 heterocycles. The molecule has 0 nitrogen and oxygen atoms in total. The Bertz CT molecular complexity index is 265. The SMILES string of the molecule is [C]1=C(c2ccsc2)C=CC1. The fourth-order valence-electron chi connectivity index (χ4n) is 1.02. The van der Waals surface area contributed by atoms with E-state index in [2.05, 4.69) is 35.1 Å². The van der Waals surface area contributed by atoms with Crippen LogP contribution in [-0.2, 0) is 0 Å². The van der Waals surface area contributed by atoms with E-state index < -0.39 is 0 Å². The van der Waals surface area contributed by atoms with Crippen molar-refractivity contribution in [3.63, 3.8) is 0 Å². The number of allylic oxidation sites excluding steroid dienone is 4. The van der Waals surface area contributed by atoms with Crippen molar-refractivity contribution in [2.75, 3.05) is 0 Å². The van der Waals surface area contributed by atoms with Crippen molar-refractivity contribution in [2.45, 2.75) is 6.42 Å². The Morgan fingerprint density at radius 2 is 2.50 bits per heavy atom. The normalized spacial score (nSPS) is 15.8. The van der Waals surface area contributed by atoms with E-state index in [1.165, 1.54) is 11.1 Å². The first-order valence-electron chi connectivity index (χ1n) is 3.27. The molecule has 0 aliphatic heterocycles. The minimum Gasteiger partial charge on any atom is -0.152 e. The largest absolute Gasteiger partial charge is 0.152 e. The molecule has 1 aliphatic carbocycles. The Morgan fingerprint density at radius 3 is 3.10 bits per heavy atom. The molecule has 10 heavy (non-hydrogen) atoms. The van der Waals surface area contributed by atoms with Crippen LogP contribution in [0.5, 0.6) is 0 Å². The predicted molar refractivity (Wildman–Crippen MR) is 44.7 cm³/mol. The summed E-state index contributed by atoms with van der Waals surface area (Å²) < 4.78 is 0. The van der Waals surface area contributed by atoms with Gasteiger partial charge in [0.05, 0.1) is 0 Å². The lowest BCUT2D eigenvalue weighted by Crippen LogP contribution is -1.69. The Kier molecular flexibility index (Phi) is 1.44. The molecule has 1 radical (unpaired) electrons. The van der Waals surface area contributed by atoms with Crippen LogP contribution >= 0.6 is 11.3 Å². The van der Waals surface area contributed by atoms with Gasteiger partial charge in [0.1, 0.15) is 0 Å². The van der Waals surface area contributed by atoms with Gasteiger partial charge in [-0.25, -0.2) is 0 Å². The van der Waals surface area contributed by atoms with Crippen LogP contribution < -0.4 is 0 Å². The highest BCUT2D eigenvalue weighted by molar-refractivity contribution is 7.08. The van der Waals surface area contributed by atoms with Crippen molar-refractivity contribution in [2.24, 2.45) is 0 Å². The lowest BCUT2D eigenvalue weighted by molar-refractivity contribution is 1.40. The van der Waals surface area contributed by atoms with Gasteiger partial charge in [-0.3, -0.25) is 0 Å². The maximum absolute atomic E-state index is 3.27. The van der Waals surface area contributed by atoms with Gasteiger partial charge in [-0.05, 0) is 40.5 Å². The monoisotopic (exact) mass is 147 g/mol. The van der Waals surface area contributed by atoms with E-state index in [1.807, 2.05) is 0 Å². The molecular formula is C9H7S. The highest BCUT2D eigenvalue weighted by Gasteiger charge is 2.00. The molecule has 0 aromatic carbocycles. The quantitative estimate of drug-likeness (QED) is 0.573. The Hall–Kier alpha value is -0.820. The van der Waals surface area contributed by atoms with Crippen molar-refractivity contribution < 1.29 is 0 Å². The van der Waals surface area contributed by atoms with E-state index in [4.69, 9.17) is 0 Å². The van der Waals surface area contributed by atoms with Crippen molar-refractivity contribution in [3.8, 4) is 0 Å². The maximum Gasteiger partial charge on any atom is -0.00146 e. The molecule has 49 valence electrons. The average molecular weight is 147 g/mol. The molecule has 0 saturated heterocycles.